The molecule has 1 heterocycles. The molecule has 0 radical (unpaired) electrons. The van der Waals surface area contributed by atoms with E-state index in [-0.39, 0.29) is 5.91 Å². The van der Waals surface area contributed by atoms with Crippen LogP contribution in [0.4, 0.5) is 5.69 Å². The molecule has 1 aliphatic rings. The number of para-hydroxylation sites is 2. The summed E-state index contributed by atoms with van der Waals surface area (Å²) in [7, 11) is 1.50. The molecule has 5 heteroatoms. The van der Waals surface area contributed by atoms with Crippen LogP contribution in [0.1, 0.15) is 13.3 Å². The first-order valence-electron chi connectivity index (χ1n) is 6.11. The molecule has 1 atom stereocenters. The third-order valence-corrected chi connectivity index (χ3v) is 2.80. The molecule has 0 aliphatic carbocycles. The molecule has 1 aromatic carbocycles. The van der Waals surface area contributed by atoms with Gasteiger partial charge in [0.15, 0.2) is 6.10 Å². The van der Waals surface area contributed by atoms with Crippen molar-refractivity contribution in [3.05, 3.63) is 24.3 Å². The van der Waals surface area contributed by atoms with Crippen molar-refractivity contribution in [3.8, 4) is 5.75 Å². The Hall–Kier alpha value is -1.75. The smallest absolute Gasteiger partial charge is 0.288 e. The minimum Gasteiger partial charge on any atom is -0.476 e. The van der Waals surface area contributed by atoms with Crippen LogP contribution in [0.3, 0.4) is 0 Å². The van der Waals surface area contributed by atoms with Crippen molar-refractivity contribution in [3.63, 3.8) is 0 Å². The largest absolute Gasteiger partial charge is 0.476 e. The SMILES string of the molecule is CCCN(OC)C(=O)C1CNc2ccccc2O1. The Morgan fingerprint density at radius 2 is 2.33 bits per heavy atom. The minimum absolute atomic E-state index is 0.152. The number of carbonyl (C=O) groups excluding carboxylic acids is 1. The van der Waals surface area contributed by atoms with Gasteiger partial charge in [-0.2, -0.15) is 0 Å². The third kappa shape index (κ3) is 2.56. The Bertz CT molecular complexity index is 422. The number of hydroxylamine groups is 2. The van der Waals surface area contributed by atoms with Gasteiger partial charge >= 0.3 is 0 Å². The van der Waals surface area contributed by atoms with E-state index in [0.717, 1.165) is 12.1 Å². The first-order valence-corrected chi connectivity index (χ1v) is 6.11. The lowest BCUT2D eigenvalue weighted by atomic mass is 10.2. The summed E-state index contributed by atoms with van der Waals surface area (Å²) < 4.78 is 5.69. The minimum atomic E-state index is -0.536. The molecule has 1 aliphatic heterocycles. The average Bonchev–Trinajstić information content (AvgIpc) is 2.43. The van der Waals surface area contributed by atoms with Crippen LogP contribution in [0.2, 0.25) is 0 Å². The quantitative estimate of drug-likeness (QED) is 0.826. The lowest BCUT2D eigenvalue weighted by molar-refractivity contribution is -0.183. The first kappa shape index (κ1) is 12.7. The average molecular weight is 250 g/mol. The van der Waals surface area contributed by atoms with Crippen LogP contribution in [-0.4, -0.2) is 37.3 Å². The van der Waals surface area contributed by atoms with E-state index in [1.807, 2.05) is 31.2 Å². The Morgan fingerprint density at radius 1 is 1.56 bits per heavy atom. The second kappa shape index (κ2) is 5.73. The van der Waals surface area contributed by atoms with Gasteiger partial charge in [-0.15, -0.1) is 0 Å². The normalized spacial score (nSPS) is 17.3. The zero-order chi connectivity index (χ0) is 13.0. The second-order valence-corrected chi connectivity index (χ2v) is 4.11. The summed E-state index contributed by atoms with van der Waals surface area (Å²) >= 11 is 0. The summed E-state index contributed by atoms with van der Waals surface area (Å²) in [5.41, 5.74) is 0.918. The monoisotopic (exact) mass is 250 g/mol. The molecule has 0 saturated heterocycles. The van der Waals surface area contributed by atoms with Crippen molar-refractivity contribution >= 4 is 11.6 Å². The van der Waals surface area contributed by atoms with Gasteiger partial charge in [0.25, 0.3) is 5.91 Å². The van der Waals surface area contributed by atoms with E-state index in [0.29, 0.717) is 18.8 Å². The summed E-state index contributed by atoms with van der Waals surface area (Å²) in [5.74, 6) is 0.552. The Labute approximate surface area is 107 Å². The molecule has 0 fully saturated rings. The zero-order valence-corrected chi connectivity index (χ0v) is 10.7. The maximum absolute atomic E-state index is 12.2. The zero-order valence-electron chi connectivity index (χ0n) is 10.7. The highest BCUT2D eigenvalue weighted by atomic mass is 16.7. The summed E-state index contributed by atoms with van der Waals surface area (Å²) in [6.07, 6.45) is 0.308. The van der Waals surface area contributed by atoms with E-state index in [1.54, 1.807) is 0 Å². The molecule has 0 bridgehead atoms. The fourth-order valence-electron chi connectivity index (χ4n) is 1.91. The Morgan fingerprint density at radius 3 is 3.06 bits per heavy atom. The van der Waals surface area contributed by atoms with Crippen LogP contribution < -0.4 is 10.1 Å². The predicted molar refractivity (Wildman–Crippen MR) is 68.4 cm³/mol. The van der Waals surface area contributed by atoms with Crippen LogP contribution >= 0.6 is 0 Å². The van der Waals surface area contributed by atoms with E-state index in [4.69, 9.17) is 9.57 Å². The number of nitrogens with one attached hydrogen (secondary N) is 1. The van der Waals surface area contributed by atoms with E-state index in [1.165, 1.54) is 12.2 Å². The summed E-state index contributed by atoms with van der Waals surface area (Å²) in [6.45, 7) is 3.02. The highest BCUT2D eigenvalue weighted by Crippen LogP contribution is 2.28. The van der Waals surface area contributed by atoms with Gasteiger partial charge < -0.3 is 10.1 Å². The number of benzene rings is 1. The molecule has 1 N–H and O–H groups in total. The van der Waals surface area contributed by atoms with Gasteiger partial charge in [0, 0.05) is 6.54 Å². The molecule has 1 unspecified atom stereocenters. The number of nitrogens with zero attached hydrogens (tertiary/aromatic N) is 1. The number of hydrogen-bond acceptors (Lipinski definition) is 4. The number of hydrogen-bond donors (Lipinski definition) is 1. The van der Waals surface area contributed by atoms with Gasteiger partial charge in [-0.05, 0) is 18.6 Å². The van der Waals surface area contributed by atoms with Crippen LogP contribution in [-0.2, 0) is 9.63 Å². The van der Waals surface area contributed by atoms with E-state index in [9.17, 15) is 4.79 Å². The van der Waals surface area contributed by atoms with E-state index >= 15 is 0 Å². The van der Waals surface area contributed by atoms with Gasteiger partial charge in [-0.3, -0.25) is 9.63 Å². The maximum atomic E-state index is 12.2. The van der Waals surface area contributed by atoms with Gasteiger partial charge in [0.2, 0.25) is 0 Å². The maximum Gasteiger partial charge on any atom is 0.288 e. The van der Waals surface area contributed by atoms with Crippen molar-refractivity contribution in [2.24, 2.45) is 0 Å². The van der Waals surface area contributed by atoms with E-state index < -0.39 is 6.10 Å². The van der Waals surface area contributed by atoms with Gasteiger partial charge in [-0.25, -0.2) is 5.06 Å². The van der Waals surface area contributed by atoms with Crippen molar-refractivity contribution in [2.75, 3.05) is 25.5 Å². The van der Waals surface area contributed by atoms with Crippen molar-refractivity contribution < 1.29 is 14.4 Å². The highest BCUT2D eigenvalue weighted by Gasteiger charge is 2.29. The molecule has 0 saturated carbocycles. The molecule has 1 amide bonds. The highest BCUT2D eigenvalue weighted by molar-refractivity contribution is 5.82. The predicted octanol–water partition coefficient (Wildman–Crippen LogP) is 1.66. The lowest BCUT2D eigenvalue weighted by Crippen LogP contribution is -2.46. The fraction of sp³-hybridized carbons (Fsp3) is 0.462. The molecular weight excluding hydrogens is 232 g/mol. The van der Waals surface area contributed by atoms with Gasteiger partial charge in [0.05, 0.1) is 19.3 Å². The van der Waals surface area contributed by atoms with Crippen molar-refractivity contribution in [2.45, 2.75) is 19.4 Å². The second-order valence-electron chi connectivity index (χ2n) is 4.11. The molecule has 0 spiro atoms. The van der Waals surface area contributed by atoms with Crippen LogP contribution in [0.15, 0.2) is 24.3 Å². The van der Waals surface area contributed by atoms with Crippen LogP contribution in [0.25, 0.3) is 0 Å². The summed E-state index contributed by atoms with van der Waals surface area (Å²) in [4.78, 5) is 17.2. The topological polar surface area (TPSA) is 50.8 Å². The molecule has 98 valence electrons. The Balaban J connectivity index is 2.06. The summed E-state index contributed by atoms with van der Waals surface area (Å²) in [6, 6.07) is 7.58. The number of amides is 1. The van der Waals surface area contributed by atoms with E-state index in [2.05, 4.69) is 5.32 Å². The molecule has 18 heavy (non-hydrogen) atoms. The number of carbonyl (C=O) groups is 1. The third-order valence-electron chi connectivity index (χ3n) is 2.80. The Kier molecular flexibility index (Phi) is 4.04. The molecule has 1 aromatic rings. The van der Waals surface area contributed by atoms with Crippen LogP contribution in [0, 0.1) is 0 Å². The molecule has 2 rings (SSSR count). The van der Waals surface area contributed by atoms with Crippen molar-refractivity contribution in [1.82, 2.24) is 5.06 Å². The number of anilines is 1. The number of ether oxygens (including phenoxy) is 1. The van der Waals surface area contributed by atoms with Crippen LogP contribution in [0.5, 0.6) is 5.75 Å². The first-order chi connectivity index (χ1) is 8.76. The number of fused-ring (bicyclic) bond motifs is 1. The standard InChI is InChI=1S/C13H18N2O3/c1-3-8-15(17-2)13(16)12-9-14-10-6-4-5-7-11(10)18-12/h4-7,12,14H,3,8-9H2,1-2H3. The summed E-state index contributed by atoms with van der Waals surface area (Å²) in [5, 5.41) is 4.53. The lowest BCUT2D eigenvalue weighted by Gasteiger charge is -2.29. The van der Waals surface area contributed by atoms with Gasteiger partial charge in [-0.1, -0.05) is 19.1 Å². The molecule has 5 nitrogen and oxygen atoms in total. The molecular formula is C13H18N2O3. The number of rotatable bonds is 4. The van der Waals surface area contributed by atoms with Gasteiger partial charge in [0.1, 0.15) is 5.75 Å². The van der Waals surface area contributed by atoms with Crippen molar-refractivity contribution in [1.29, 1.82) is 0 Å². The molecule has 0 aromatic heterocycles. The fourth-order valence-corrected chi connectivity index (χ4v) is 1.91.